The zero-order valence-corrected chi connectivity index (χ0v) is 13.7. The fraction of sp³-hybridized carbons (Fsp3) is 0.500. The molecule has 5 nitrogen and oxygen atoms in total. The smallest absolute Gasteiger partial charge is 0.253 e. The van der Waals surface area contributed by atoms with Crippen LogP contribution in [0.5, 0.6) is 0 Å². The van der Waals surface area contributed by atoms with Gasteiger partial charge in [0.05, 0.1) is 5.25 Å². The number of rotatable bonds is 3. The Morgan fingerprint density at radius 1 is 1.38 bits per heavy atom. The summed E-state index contributed by atoms with van der Waals surface area (Å²) in [6.07, 6.45) is 1.27. The predicted molar refractivity (Wildman–Crippen MR) is 83.0 cm³/mol. The summed E-state index contributed by atoms with van der Waals surface area (Å²) in [5.41, 5.74) is 0.491. The Labute approximate surface area is 130 Å². The molecule has 1 aromatic rings. The van der Waals surface area contributed by atoms with Gasteiger partial charge in [-0.2, -0.15) is 0 Å². The van der Waals surface area contributed by atoms with E-state index in [1.807, 2.05) is 0 Å². The van der Waals surface area contributed by atoms with Crippen molar-refractivity contribution in [1.82, 2.24) is 9.21 Å². The summed E-state index contributed by atoms with van der Waals surface area (Å²) in [6, 6.07) is 6.72. The maximum Gasteiger partial charge on any atom is 0.253 e. The summed E-state index contributed by atoms with van der Waals surface area (Å²) in [6.45, 7) is 0.802. The number of amides is 1. The molecule has 0 aromatic heterocycles. The fourth-order valence-electron chi connectivity index (χ4n) is 2.47. The lowest BCUT2D eigenvalue weighted by Gasteiger charge is -2.33. The third kappa shape index (κ3) is 3.56. The number of carbonyl (C=O) groups excluding carboxylic acids is 1. The lowest BCUT2D eigenvalue weighted by molar-refractivity contribution is 0.0726. The van der Waals surface area contributed by atoms with E-state index in [2.05, 4.69) is 0 Å². The third-order valence-electron chi connectivity index (χ3n) is 3.67. The molecule has 7 heteroatoms. The van der Waals surface area contributed by atoms with Crippen LogP contribution >= 0.6 is 11.6 Å². The molecule has 0 N–H and O–H groups in total. The van der Waals surface area contributed by atoms with Gasteiger partial charge in [0.15, 0.2) is 0 Å². The standard InChI is InChI=1S/C14H19ClN2O3S/c1-16(2)21(19,20)13-7-4-8-17(10-13)14(18)11-5-3-6-12(15)9-11/h3,5-6,9,13H,4,7-8,10H2,1-2H3/t13-/m1/s1. The average molecular weight is 331 g/mol. The van der Waals surface area contributed by atoms with Gasteiger partial charge in [0, 0.05) is 37.8 Å². The van der Waals surface area contributed by atoms with Gasteiger partial charge in [0.2, 0.25) is 10.0 Å². The van der Waals surface area contributed by atoms with Crippen LogP contribution < -0.4 is 0 Å². The quantitative estimate of drug-likeness (QED) is 0.849. The molecule has 0 spiro atoms. The molecular formula is C14H19ClN2O3S. The van der Waals surface area contributed by atoms with E-state index >= 15 is 0 Å². The van der Waals surface area contributed by atoms with Gasteiger partial charge in [-0.15, -0.1) is 0 Å². The number of hydrogen-bond acceptors (Lipinski definition) is 3. The summed E-state index contributed by atoms with van der Waals surface area (Å²) in [5.74, 6) is -0.170. The summed E-state index contributed by atoms with van der Waals surface area (Å²) in [4.78, 5) is 14.1. The number of benzene rings is 1. The topological polar surface area (TPSA) is 57.7 Å². The Morgan fingerprint density at radius 3 is 2.71 bits per heavy atom. The minimum atomic E-state index is -3.34. The fourth-order valence-corrected chi connectivity index (χ4v) is 4.09. The van der Waals surface area contributed by atoms with Crippen molar-refractivity contribution in [2.24, 2.45) is 0 Å². The Kier molecular flexibility index (Phi) is 4.91. The van der Waals surface area contributed by atoms with E-state index in [1.165, 1.54) is 18.4 Å². The molecule has 1 fully saturated rings. The highest BCUT2D eigenvalue weighted by Gasteiger charge is 2.34. The number of nitrogens with zero attached hydrogens (tertiary/aromatic N) is 2. The van der Waals surface area contributed by atoms with Gasteiger partial charge in [-0.25, -0.2) is 12.7 Å². The second-order valence-corrected chi connectivity index (χ2v) is 8.22. The molecule has 1 aliphatic heterocycles. The normalized spacial score (nSPS) is 19.8. The van der Waals surface area contributed by atoms with Crippen molar-refractivity contribution in [3.63, 3.8) is 0 Å². The van der Waals surface area contributed by atoms with Crippen LogP contribution in [0.4, 0.5) is 0 Å². The molecule has 1 heterocycles. The second kappa shape index (κ2) is 6.34. The first kappa shape index (κ1) is 16.3. The molecule has 1 amide bonds. The van der Waals surface area contributed by atoms with Crippen LogP contribution in [0.1, 0.15) is 23.2 Å². The molecule has 0 bridgehead atoms. The van der Waals surface area contributed by atoms with Crippen molar-refractivity contribution in [2.75, 3.05) is 27.2 Å². The van der Waals surface area contributed by atoms with Crippen LogP contribution in [0, 0.1) is 0 Å². The average Bonchev–Trinajstić information content (AvgIpc) is 2.46. The Morgan fingerprint density at radius 2 is 2.10 bits per heavy atom. The zero-order chi connectivity index (χ0) is 15.6. The predicted octanol–water partition coefficient (Wildman–Crippen LogP) is 1.84. The van der Waals surface area contributed by atoms with Gasteiger partial charge >= 0.3 is 0 Å². The number of piperidine rings is 1. The van der Waals surface area contributed by atoms with Gasteiger partial charge in [-0.1, -0.05) is 17.7 Å². The van der Waals surface area contributed by atoms with E-state index in [9.17, 15) is 13.2 Å². The Bertz CT molecular complexity index is 631. The van der Waals surface area contributed by atoms with Crippen LogP contribution in [0.15, 0.2) is 24.3 Å². The van der Waals surface area contributed by atoms with Gasteiger partial charge in [0.1, 0.15) is 0 Å². The van der Waals surface area contributed by atoms with Gasteiger partial charge < -0.3 is 4.90 Å². The second-order valence-electron chi connectivity index (χ2n) is 5.35. The summed E-state index contributed by atoms with van der Waals surface area (Å²) < 4.78 is 25.6. The molecule has 0 radical (unpaired) electrons. The zero-order valence-electron chi connectivity index (χ0n) is 12.1. The molecule has 1 atom stereocenters. The van der Waals surface area contributed by atoms with Crippen LogP contribution in [-0.2, 0) is 10.0 Å². The van der Waals surface area contributed by atoms with Crippen LogP contribution in [0.25, 0.3) is 0 Å². The highest BCUT2D eigenvalue weighted by atomic mass is 35.5. The lowest BCUT2D eigenvalue weighted by atomic mass is 10.1. The van der Waals surface area contributed by atoms with E-state index in [0.717, 1.165) is 0 Å². The third-order valence-corrected chi connectivity index (χ3v) is 6.15. The molecule has 1 aliphatic rings. The van der Waals surface area contributed by atoms with Crippen molar-refractivity contribution in [1.29, 1.82) is 0 Å². The Balaban J connectivity index is 2.16. The number of likely N-dealkylation sites (tertiary alicyclic amines) is 1. The molecule has 0 saturated carbocycles. The van der Waals surface area contributed by atoms with E-state index in [0.29, 0.717) is 30.0 Å². The number of carbonyl (C=O) groups is 1. The van der Waals surface area contributed by atoms with Crippen molar-refractivity contribution in [3.05, 3.63) is 34.9 Å². The van der Waals surface area contributed by atoms with E-state index in [4.69, 9.17) is 11.6 Å². The van der Waals surface area contributed by atoms with Crippen LogP contribution in [-0.4, -0.2) is 56.0 Å². The molecule has 0 aliphatic carbocycles. The molecule has 116 valence electrons. The van der Waals surface area contributed by atoms with Crippen molar-refractivity contribution in [3.8, 4) is 0 Å². The number of hydrogen-bond donors (Lipinski definition) is 0. The van der Waals surface area contributed by atoms with Crippen molar-refractivity contribution >= 4 is 27.5 Å². The maximum atomic E-state index is 12.5. The van der Waals surface area contributed by atoms with E-state index in [-0.39, 0.29) is 12.5 Å². The minimum Gasteiger partial charge on any atom is -0.337 e. The van der Waals surface area contributed by atoms with Gasteiger partial charge in [-0.05, 0) is 31.0 Å². The molecular weight excluding hydrogens is 312 g/mol. The first-order valence-corrected chi connectivity index (χ1v) is 8.66. The highest BCUT2D eigenvalue weighted by molar-refractivity contribution is 7.89. The Hall–Kier alpha value is -1.11. The summed E-state index contributed by atoms with van der Waals surface area (Å²) >= 11 is 5.90. The summed E-state index contributed by atoms with van der Waals surface area (Å²) in [7, 11) is -0.302. The molecule has 21 heavy (non-hydrogen) atoms. The first-order chi connectivity index (χ1) is 9.82. The molecule has 2 rings (SSSR count). The van der Waals surface area contributed by atoms with Crippen molar-refractivity contribution in [2.45, 2.75) is 18.1 Å². The largest absolute Gasteiger partial charge is 0.337 e. The van der Waals surface area contributed by atoms with E-state index < -0.39 is 15.3 Å². The summed E-state index contributed by atoms with van der Waals surface area (Å²) in [5, 5.41) is -0.0419. The minimum absolute atomic E-state index is 0.170. The SMILES string of the molecule is CN(C)S(=O)(=O)[C@@H]1CCCN(C(=O)c2cccc(Cl)c2)C1. The monoisotopic (exact) mass is 330 g/mol. The molecule has 1 aromatic carbocycles. The van der Waals surface area contributed by atoms with Crippen LogP contribution in [0.2, 0.25) is 5.02 Å². The lowest BCUT2D eigenvalue weighted by Crippen LogP contribution is -2.48. The highest BCUT2D eigenvalue weighted by Crippen LogP contribution is 2.21. The first-order valence-electron chi connectivity index (χ1n) is 6.78. The maximum absolute atomic E-state index is 12.5. The molecule has 0 unspecified atom stereocenters. The van der Waals surface area contributed by atoms with E-state index in [1.54, 1.807) is 29.2 Å². The number of halogens is 1. The number of sulfonamides is 1. The van der Waals surface area contributed by atoms with Gasteiger partial charge in [-0.3, -0.25) is 4.79 Å². The van der Waals surface area contributed by atoms with Gasteiger partial charge in [0.25, 0.3) is 5.91 Å². The molecule has 1 saturated heterocycles. The van der Waals surface area contributed by atoms with Crippen molar-refractivity contribution < 1.29 is 13.2 Å². The van der Waals surface area contributed by atoms with Crippen LogP contribution in [0.3, 0.4) is 0 Å².